The molecule has 3 nitrogen and oxygen atoms in total. The lowest BCUT2D eigenvalue weighted by molar-refractivity contribution is -0.105. The number of hydrogen-bond acceptors (Lipinski definition) is 3. The van der Waals surface area contributed by atoms with E-state index in [9.17, 15) is 4.79 Å². The van der Waals surface area contributed by atoms with Crippen molar-refractivity contribution < 1.29 is 4.79 Å². The predicted molar refractivity (Wildman–Crippen MR) is 86.7 cm³/mol. The van der Waals surface area contributed by atoms with Crippen molar-refractivity contribution in [3.8, 4) is 0 Å². The Morgan fingerprint density at radius 1 is 1.36 bits per heavy atom. The second kappa shape index (κ2) is 4.11. The van der Waals surface area contributed by atoms with E-state index < -0.39 is 0 Å². The van der Waals surface area contributed by atoms with Gasteiger partial charge in [-0.05, 0) is 31.4 Å². The maximum atomic E-state index is 11.9. The monoisotopic (exact) mass is 292 g/mol. The Labute approximate surface area is 130 Å². The molecule has 2 unspecified atom stereocenters. The largest absolute Gasteiger partial charge is 0.358 e. The van der Waals surface area contributed by atoms with Crippen LogP contribution >= 0.6 is 0 Å². The summed E-state index contributed by atoms with van der Waals surface area (Å²) in [5.41, 5.74) is 6.25. The molecule has 5 rings (SSSR count). The summed E-state index contributed by atoms with van der Waals surface area (Å²) >= 11 is 0. The predicted octanol–water partition coefficient (Wildman–Crippen LogP) is 2.86. The number of benzene rings is 1. The Hall–Kier alpha value is -1.87. The molecule has 0 aromatic heterocycles. The number of nitrogens with zero attached hydrogens (tertiary/aromatic N) is 1. The van der Waals surface area contributed by atoms with Crippen LogP contribution in [0, 0.1) is 5.92 Å². The van der Waals surface area contributed by atoms with E-state index >= 15 is 0 Å². The lowest BCUT2D eigenvalue weighted by Crippen LogP contribution is -2.52. The molecule has 0 saturated carbocycles. The first-order valence-electron chi connectivity index (χ1n) is 8.25. The second-order valence-corrected chi connectivity index (χ2v) is 6.98. The van der Waals surface area contributed by atoms with E-state index in [-0.39, 0.29) is 5.41 Å². The van der Waals surface area contributed by atoms with Crippen LogP contribution < -0.4 is 5.32 Å². The second-order valence-electron chi connectivity index (χ2n) is 6.98. The number of allylic oxidation sites excluding steroid dienone is 2. The lowest BCUT2D eigenvalue weighted by atomic mass is 9.62. The highest BCUT2D eigenvalue weighted by atomic mass is 16.1. The van der Waals surface area contributed by atoms with E-state index in [0.29, 0.717) is 12.0 Å². The highest BCUT2D eigenvalue weighted by Gasteiger charge is 2.60. The Bertz CT molecular complexity index is 748. The molecule has 4 aliphatic rings. The number of aldehydes is 1. The molecular formula is C19H20N2O. The molecule has 3 heteroatoms. The first kappa shape index (κ1) is 12.7. The molecule has 2 bridgehead atoms. The molecule has 112 valence electrons. The summed E-state index contributed by atoms with van der Waals surface area (Å²) < 4.78 is 0. The maximum absolute atomic E-state index is 11.9. The van der Waals surface area contributed by atoms with Crippen LogP contribution in [-0.2, 0) is 10.2 Å². The summed E-state index contributed by atoms with van der Waals surface area (Å²) in [7, 11) is 0. The van der Waals surface area contributed by atoms with Crippen LogP contribution in [0.5, 0.6) is 0 Å². The first-order chi connectivity index (χ1) is 10.8. The van der Waals surface area contributed by atoms with Crippen molar-refractivity contribution in [2.45, 2.75) is 31.2 Å². The SMILES string of the molecule is C/C=C1/CN2CCC34C(=C(C=O)[C@H]1CC23)Nc1ccccc14. The van der Waals surface area contributed by atoms with Crippen LogP contribution in [0.4, 0.5) is 5.69 Å². The van der Waals surface area contributed by atoms with Crippen LogP contribution in [0.1, 0.15) is 25.3 Å². The van der Waals surface area contributed by atoms with Gasteiger partial charge in [-0.15, -0.1) is 0 Å². The van der Waals surface area contributed by atoms with E-state index in [1.807, 2.05) is 0 Å². The molecule has 2 fully saturated rings. The highest BCUT2D eigenvalue weighted by molar-refractivity contribution is 5.84. The molecule has 1 spiro atoms. The Balaban J connectivity index is 1.83. The molecule has 3 heterocycles. The van der Waals surface area contributed by atoms with Gasteiger partial charge in [-0.2, -0.15) is 0 Å². The summed E-state index contributed by atoms with van der Waals surface area (Å²) in [6.07, 6.45) is 5.55. The summed E-state index contributed by atoms with van der Waals surface area (Å²) in [4.78, 5) is 14.6. The van der Waals surface area contributed by atoms with Gasteiger partial charge in [-0.3, -0.25) is 9.69 Å². The third kappa shape index (κ3) is 1.25. The smallest absolute Gasteiger partial charge is 0.148 e. The number of piperidine rings is 1. The van der Waals surface area contributed by atoms with Crippen molar-refractivity contribution in [3.63, 3.8) is 0 Å². The third-order valence-corrected chi connectivity index (χ3v) is 6.37. The molecule has 0 radical (unpaired) electrons. The minimum absolute atomic E-state index is 0.0304. The number of hydrogen-bond donors (Lipinski definition) is 1. The number of fused-ring (bicyclic) bond motifs is 2. The topological polar surface area (TPSA) is 32.3 Å². The molecular weight excluding hydrogens is 272 g/mol. The van der Waals surface area contributed by atoms with Gasteiger partial charge in [0.2, 0.25) is 0 Å². The standard InChI is InChI=1S/C19H20N2O/c1-2-12-10-21-8-7-19-15-5-3-4-6-16(15)20-18(19)14(11-22)13(12)9-17(19)21/h2-6,11,13,17,20H,7-10H2,1H3/b12-2-/t13-,17?,19?/m0/s1. The zero-order chi connectivity index (χ0) is 14.9. The number of carbonyl (C=O) groups excluding carboxylic acids is 1. The van der Waals surface area contributed by atoms with Gasteiger partial charge >= 0.3 is 0 Å². The Morgan fingerprint density at radius 2 is 2.23 bits per heavy atom. The van der Waals surface area contributed by atoms with E-state index in [1.54, 1.807) is 0 Å². The molecule has 1 aliphatic carbocycles. The van der Waals surface area contributed by atoms with Crippen LogP contribution in [0.15, 0.2) is 47.2 Å². The molecule has 2 saturated heterocycles. The van der Waals surface area contributed by atoms with Crippen molar-refractivity contribution >= 4 is 12.0 Å². The van der Waals surface area contributed by atoms with E-state index in [4.69, 9.17) is 0 Å². The molecule has 3 atom stereocenters. The quantitative estimate of drug-likeness (QED) is 0.638. The van der Waals surface area contributed by atoms with E-state index in [0.717, 1.165) is 37.8 Å². The van der Waals surface area contributed by atoms with Gasteiger partial charge in [0.15, 0.2) is 0 Å². The molecule has 3 aliphatic heterocycles. The maximum Gasteiger partial charge on any atom is 0.148 e. The zero-order valence-electron chi connectivity index (χ0n) is 12.8. The van der Waals surface area contributed by atoms with Crippen molar-refractivity contribution in [2.24, 2.45) is 5.92 Å². The van der Waals surface area contributed by atoms with Crippen LogP contribution in [0.25, 0.3) is 0 Å². The summed E-state index contributed by atoms with van der Waals surface area (Å²) in [5, 5.41) is 3.62. The molecule has 1 aromatic carbocycles. The molecule has 1 N–H and O–H groups in total. The molecule has 1 aromatic rings. The zero-order valence-corrected chi connectivity index (χ0v) is 12.8. The Morgan fingerprint density at radius 3 is 3.05 bits per heavy atom. The minimum Gasteiger partial charge on any atom is -0.358 e. The van der Waals surface area contributed by atoms with Gasteiger partial charge in [-0.1, -0.05) is 29.8 Å². The number of nitrogens with one attached hydrogen (secondary N) is 1. The first-order valence-corrected chi connectivity index (χ1v) is 8.25. The van der Waals surface area contributed by atoms with Gasteiger partial charge in [0.1, 0.15) is 6.29 Å². The van der Waals surface area contributed by atoms with Gasteiger partial charge in [0.25, 0.3) is 0 Å². The van der Waals surface area contributed by atoms with E-state index in [2.05, 4.69) is 47.5 Å². The van der Waals surface area contributed by atoms with Crippen molar-refractivity contribution in [1.82, 2.24) is 4.90 Å². The average Bonchev–Trinajstić information content (AvgIpc) is 3.11. The van der Waals surface area contributed by atoms with E-state index in [1.165, 1.54) is 22.5 Å². The lowest BCUT2D eigenvalue weighted by Gasteiger charge is -2.48. The summed E-state index contributed by atoms with van der Waals surface area (Å²) in [5.74, 6) is 0.312. The number of carbonyl (C=O) groups is 1. The third-order valence-electron chi connectivity index (χ3n) is 6.37. The summed E-state index contributed by atoms with van der Waals surface area (Å²) in [6.45, 7) is 4.26. The van der Waals surface area contributed by atoms with Gasteiger partial charge in [0, 0.05) is 42.0 Å². The molecule has 22 heavy (non-hydrogen) atoms. The van der Waals surface area contributed by atoms with Gasteiger partial charge < -0.3 is 5.32 Å². The van der Waals surface area contributed by atoms with Crippen molar-refractivity contribution in [3.05, 3.63) is 52.7 Å². The van der Waals surface area contributed by atoms with Crippen LogP contribution in [0.3, 0.4) is 0 Å². The Kier molecular flexibility index (Phi) is 2.36. The van der Waals surface area contributed by atoms with Crippen LogP contribution in [-0.4, -0.2) is 30.3 Å². The summed E-state index contributed by atoms with van der Waals surface area (Å²) in [6, 6.07) is 9.16. The fourth-order valence-corrected chi connectivity index (χ4v) is 5.44. The van der Waals surface area contributed by atoms with Gasteiger partial charge in [0.05, 0.1) is 5.41 Å². The fraction of sp³-hybridized carbons (Fsp3) is 0.421. The fourth-order valence-electron chi connectivity index (χ4n) is 5.44. The number of rotatable bonds is 1. The van der Waals surface area contributed by atoms with Crippen molar-refractivity contribution in [2.75, 3.05) is 18.4 Å². The number of anilines is 1. The average molecular weight is 292 g/mol. The highest BCUT2D eigenvalue weighted by Crippen LogP contribution is 2.60. The molecule has 0 amide bonds. The minimum atomic E-state index is 0.0304. The van der Waals surface area contributed by atoms with Crippen LogP contribution in [0.2, 0.25) is 0 Å². The van der Waals surface area contributed by atoms with Crippen molar-refractivity contribution in [1.29, 1.82) is 0 Å². The van der Waals surface area contributed by atoms with Gasteiger partial charge in [-0.25, -0.2) is 0 Å². The normalized spacial score (nSPS) is 37.0. The number of para-hydroxylation sites is 1.